The van der Waals surface area contributed by atoms with Crippen LogP contribution in [0.5, 0.6) is 0 Å². The first kappa shape index (κ1) is 13.3. The van der Waals surface area contributed by atoms with Gasteiger partial charge in [0.05, 0.1) is 11.6 Å². The average molecular weight is 240 g/mol. The van der Waals surface area contributed by atoms with E-state index in [1.165, 1.54) is 44.9 Å². The third-order valence-electron chi connectivity index (χ3n) is 4.92. The molecule has 2 aliphatic carbocycles. The first-order valence-corrected chi connectivity index (χ1v) is 7.32. The third-order valence-corrected chi connectivity index (χ3v) is 4.92. The minimum Gasteiger partial charge on any atom is -0.374 e. The fourth-order valence-electron chi connectivity index (χ4n) is 3.57. The maximum Gasteiger partial charge on any atom is 0.0850 e. The van der Waals surface area contributed by atoms with Crippen molar-refractivity contribution < 1.29 is 4.74 Å². The first-order valence-electron chi connectivity index (χ1n) is 7.32. The summed E-state index contributed by atoms with van der Waals surface area (Å²) in [4.78, 5) is 0. The van der Waals surface area contributed by atoms with Crippen LogP contribution in [0.15, 0.2) is 0 Å². The Labute approximate surface area is 105 Å². The van der Waals surface area contributed by atoms with Crippen LogP contribution in [0.3, 0.4) is 0 Å². The molecule has 17 heavy (non-hydrogen) atoms. The van der Waals surface area contributed by atoms with Crippen LogP contribution in [0.2, 0.25) is 0 Å². The van der Waals surface area contributed by atoms with Gasteiger partial charge < -0.3 is 4.74 Å². The minimum absolute atomic E-state index is 0.0150. The molecule has 0 aromatic heterocycles. The van der Waals surface area contributed by atoms with Crippen molar-refractivity contribution in [2.75, 3.05) is 6.61 Å². The molecule has 3 heteroatoms. The molecule has 0 radical (unpaired) electrons. The molecule has 0 heterocycles. The molecule has 1 atom stereocenters. The standard InChI is InChI=1S/C14H28N2O/c1-3-17-14(9-7-11(2)8-10-14)13(16-15)12-5-4-6-12/h11-13,16H,3-10,15H2,1-2H3. The molecule has 0 bridgehead atoms. The van der Waals surface area contributed by atoms with Crippen LogP contribution in [-0.4, -0.2) is 18.2 Å². The molecule has 0 saturated heterocycles. The lowest BCUT2D eigenvalue weighted by molar-refractivity contribution is -0.115. The van der Waals surface area contributed by atoms with E-state index in [1.807, 2.05) is 0 Å². The number of nitrogens with two attached hydrogens (primary N) is 1. The second-order valence-corrected chi connectivity index (χ2v) is 6.02. The molecule has 2 rings (SSSR count). The van der Waals surface area contributed by atoms with Gasteiger partial charge in [0.2, 0.25) is 0 Å². The maximum absolute atomic E-state index is 6.19. The van der Waals surface area contributed by atoms with Crippen LogP contribution in [0, 0.1) is 11.8 Å². The number of rotatable bonds is 5. The number of hydrogen-bond acceptors (Lipinski definition) is 3. The lowest BCUT2D eigenvalue weighted by Crippen LogP contribution is -2.60. The van der Waals surface area contributed by atoms with E-state index >= 15 is 0 Å². The van der Waals surface area contributed by atoms with Crippen LogP contribution < -0.4 is 11.3 Å². The Balaban J connectivity index is 2.07. The fraction of sp³-hybridized carbons (Fsp3) is 1.00. The van der Waals surface area contributed by atoms with E-state index < -0.39 is 0 Å². The zero-order valence-corrected chi connectivity index (χ0v) is 11.4. The van der Waals surface area contributed by atoms with Crippen molar-refractivity contribution in [3.63, 3.8) is 0 Å². The van der Waals surface area contributed by atoms with Gasteiger partial charge in [-0.15, -0.1) is 0 Å². The number of hydrazine groups is 1. The molecule has 2 aliphatic rings. The van der Waals surface area contributed by atoms with Gasteiger partial charge in [0.25, 0.3) is 0 Å². The third kappa shape index (κ3) is 2.67. The largest absolute Gasteiger partial charge is 0.374 e. The Morgan fingerprint density at radius 2 is 1.94 bits per heavy atom. The molecule has 2 fully saturated rings. The summed E-state index contributed by atoms with van der Waals surface area (Å²) in [6, 6.07) is 0.365. The van der Waals surface area contributed by atoms with E-state index in [-0.39, 0.29) is 5.60 Å². The van der Waals surface area contributed by atoms with E-state index in [4.69, 9.17) is 10.6 Å². The van der Waals surface area contributed by atoms with Crippen LogP contribution in [0.1, 0.15) is 58.8 Å². The highest BCUT2D eigenvalue weighted by atomic mass is 16.5. The predicted molar refractivity (Wildman–Crippen MR) is 70.4 cm³/mol. The van der Waals surface area contributed by atoms with Crippen LogP contribution in [0.4, 0.5) is 0 Å². The van der Waals surface area contributed by atoms with Crippen LogP contribution in [0.25, 0.3) is 0 Å². The maximum atomic E-state index is 6.19. The van der Waals surface area contributed by atoms with Crippen molar-refractivity contribution in [2.45, 2.75) is 70.4 Å². The Morgan fingerprint density at radius 1 is 1.29 bits per heavy atom. The summed E-state index contributed by atoms with van der Waals surface area (Å²) in [6.45, 7) is 5.26. The normalized spacial score (nSPS) is 36.5. The molecule has 3 nitrogen and oxygen atoms in total. The summed E-state index contributed by atoms with van der Waals surface area (Å²) in [5, 5.41) is 0. The van der Waals surface area contributed by atoms with Gasteiger partial charge in [0, 0.05) is 6.61 Å². The Hall–Kier alpha value is -0.120. The van der Waals surface area contributed by atoms with Crippen LogP contribution in [-0.2, 0) is 4.74 Å². The van der Waals surface area contributed by atoms with Crippen molar-refractivity contribution in [3.8, 4) is 0 Å². The molecule has 0 aromatic rings. The topological polar surface area (TPSA) is 47.3 Å². The van der Waals surface area contributed by atoms with E-state index in [1.54, 1.807) is 0 Å². The average Bonchev–Trinajstić information content (AvgIpc) is 2.27. The molecule has 2 saturated carbocycles. The molecule has 3 N–H and O–H groups in total. The highest BCUT2D eigenvalue weighted by Crippen LogP contribution is 2.43. The molecule has 1 unspecified atom stereocenters. The van der Waals surface area contributed by atoms with Crippen molar-refractivity contribution in [1.29, 1.82) is 0 Å². The SMILES string of the molecule is CCOC1(C(NN)C2CCC2)CCC(C)CC1. The van der Waals surface area contributed by atoms with Gasteiger partial charge in [0.15, 0.2) is 0 Å². The van der Waals surface area contributed by atoms with E-state index in [0.717, 1.165) is 18.4 Å². The zero-order valence-electron chi connectivity index (χ0n) is 11.4. The van der Waals surface area contributed by atoms with E-state index in [2.05, 4.69) is 19.3 Å². The van der Waals surface area contributed by atoms with Gasteiger partial charge in [-0.3, -0.25) is 11.3 Å². The van der Waals surface area contributed by atoms with Crippen molar-refractivity contribution in [2.24, 2.45) is 17.7 Å². The summed E-state index contributed by atoms with van der Waals surface area (Å²) in [6.07, 6.45) is 8.91. The molecule has 100 valence electrons. The monoisotopic (exact) mass is 240 g/mol. The van der Waals surface area contributed by atoms with Crippen LogP contribution >= 0.6 is 0 Å². The molecule has 0 aromatic carbocycles. The van der Waals surface area contributed by atoms with E-state index in [9.17, 15) is 0 Å². The summed E-state index contributed by atoms with van der Waals surface area (Å²) in [5.41, 5.74) is 3.10. The fourth-order valence-corrected chi connectivity index (χ4v) is 3.57. The Morgan fingerprint density at radius 3 is 2.35 bits per heavy atom. The Kier molecular flexibility index (Phi) is 4.45. The summed E-state index contributed by atoms with van der Waals surface area (Å²) < 4.78 is 6.19. The van der Waals surface area contributed by atoms with Gasteiger partial charge in [-0.1, -0.05) is 13.3 Å². The van der Waals surface area contributed by atoms with Crippen molar-refractivity contribution in [1.82, 2.24) is 5.43 Å². The predicted octanol–water partition coefficient (Wildman–Crippen LogP) is 2.60. The second kappa shape index (κ2) is 5.68. The van der Waals surface area contributed by atoms with Gasteiger partial charge in [-0.05, 0) is 57.3 Å². The number of hydrogen-bond donors (Lipinski definition) is 2. The molecule has 0 amide bonds. The quantitative estimate of drug-likeness (QED) is 0.573. The summed E-state index contributed by atoms with van der Waals surface area (Å²) in [5.74, 6) is 7.42. The Bertz CT molecular complexity index is 232. The highest BCUT2D eigenvalue weighted by Gasteiger charge is 2.46. The summed E-state index contributed by atoms with van der Waals surface area (Å²) in [7, 11) is 0. The van der Waals surface area contributed by atoms with Crippen molar-refractivity contribution >= 4 is 0 Å². The van der Waals surface area contributed by atoms with E-state index in [0.29, 0.717) is 6.04 Å². The molecule has 0 spiro atoms. The molecular weight excluding hydrogens is 212 g/mol. The minimum atomic E-state index is 0.0150. The molecule has 0 aliphatic heterocycles. The smallest absolute Gasteiger partial charge is 0.0850 e. The lowest BCUT2D eigenvalue weighted by Gasteiger charge is -2.49. The van der Waals surface area contributed by atoms with Gasteiger partial charge in [0.1, 0.15) is 0 Å². The van der Waals surface area contributed by atoms with Gasteiger partial charge in [-0.25, -0.2) is 0 Å². The first-order chi connectivity index (χ1) is 8.22. The number of ether oxygens (including phenoxy) is 1. The number of nitrogens with one attached hydrogen (secondary N) is 1. The van der Waals surface area contributed by atoms with Crippen molar-refractivity contribution in [3.05, 3.63) is 0 Å². The lowest BCUT2D eigenvalue weighted by atomic mass is 9.67. The zero-order chi connectivity index (χ0) is 12.3. The summed E-state index contributed by atoms with van der Waals surface area (Å²) >= 11 is 0. The van der Waals surface area contributed by atoms with Gasteiger partial charge >= 0.3 is 0 Å². The second-order valence-electron chi connectivity index (χ2n) is 6.02. The highest BCUT2D eigenvalue weighted by molar-refractivity contribution is 5.00. The van der Waals surface area contributed by atoms with Gasteiger partial charge in [-0.2, -0.15) is 0 Å². The molecular formula is C14H28N2O.